The monoisotopic (exact) mass is 201 g/mol. The molecule has 3 N–H and O–H groups in total. The van der Waals surface area contributed by atoms with Gasteiger partial charge in [-0.15, -0.1) is 0 Å². The zero-order chi connectivity index (χ0) is 9.84. The minimum Gasteiger partial charge on any atom is -0.506 e. The summed E-state index contributed by atoms with van der Waals surface area (Å²) in [6.07, 6.45) is 0.692. The van der Waals surface area contributed by atoms with E-state index < -0.39 is 0 Å². The maximum Gasteiger partial charge on any atom is 0.137 e. The number of aromatic hydroxyl groups is 1. The maximum absolute atomic E-state index is 9.37. The van der Waals surface area contributed by atoms with Crippen LogP contribution in [0.3, 0.4) is 0 Å². The molecule has 1 aromatic carbocycles. The average molecular weight is 202 g/mol. The number of nitrogens with two attached hydrogens (primary N) is 1. The number of halogens is 1. The Hall–Kier alpha value is -0.770. The first kappa shape index (κ1) is 10.3. The summed E-state index contributed by atoms with van der Waals surface area (Å²) >= 11 is 5.78. The van der Waals surface area contributed by atoms with Gasteiger partial charge in [-0.2, -0.15) is 0 Å². The molecule has 3 nitrogen and oxygen atoms in total. The smallest absolute Gasteiger partial charge is 0.137 e. The number of rotatable bonds is 3. The van der Waals surface area contributed by atoms with Crippen LogP contribution in [0.25, 0.3) is 0 Å². The molecule has 1 rings (SSSR count). The molecule has 0 aliphatic heterocycles. The lowest BCUT2D eigenvalue weighted by Gasteiger charge is -2.05. The first-order valence-corrected chi connectivity index (χ1v) is 4.32. The Morgan fingerprint density at radius 1 is 1.54 bits per heavy atom. The van der Waals surface area contributed by atoms with Crippen LogP contribution in [0.2, 0.25) is 5.02 Å². The van der Waals surface area contributed by atoms with Crippen LogP contribution in [0.15, 0.2) is 12.1 Å². The first-order chi connectivity index (χ1) is 6.15. The zero-order valence-electron chi connectivity index (χ0n) is 7.38. The molecule has 0 aliphatic rings. The quantitative estimate of drug-likeness (QED) is 0.734. The molecule has 0 saturated carbocycles. The van der Waals surface area contributed by atoms with Gasteiger partial charge in [0.05, 0.1) is 11.6 Å². The second kappa shape index (κ2) is 4.46. The molecule has 0 amide bonds. The van der Waals surface area contributed by atoms with Crippen LogP contribution in [-0.2, 0) is 11.3 Å². The maximum atomic E-state index is 9.37. The lowest BCUT2D eigenvalue weighted by atomic mass is 10.1. The van der Waals surface area contributed by atoms with E-state index in [1.807, 2.05) is 6.07 Å². The van der Waals surface area contributed by atoms with E-state index in [2.05, 4.69) is 4.84 Å². The van der Waals surface area contributed by atoms with Crippen LogP contribution in [-0.4, -0.2) is 11.7 Å². The summed E-state index contributed by atoms with van der Waals surface area (Å²) in [5.74, 6) is 5.04. The number of phenols is 1. The van der Waals surface area contributed by atoms with Gasteiger partial charge in [0.1, 0.15) is 5.75 Å². The summed E-state index contributed by atoms with van der Waals surface area (Å²) in [6.45, 7) is 2.24. The minimum atomic E-state index is 0.138. The fraction of sp³-hybridized carbons (Fsp3) is 0.333. The number of benzene rings is 1. The molecule has 72 valence electrons. The van der Waals surface area contributed by atoms with Gasteiger partial charge in [0.15, 0.2) is 0 Å². The van der Waals surface area contributed by atoms with Gasteiger partial charge in [-0.25, -0.2) is 5.90 Å². The van der Waals surface area contributed by atoms with Crippen LogP contribution in [0, 0.1) is 6.92 Å². The van der Waals surface area contributed by atoms with Crippen LogP contribution in [0.4, 0.5) is 0 Å². The van der Waals surface area contributed by atoms with Gasteiger partial charge >= 0.3 is 0 Å². The van der Waals surface area contributed by atoms with Gasteiger partial charge in [0, 0.05) is 0 Å². The SMILES string of the molecule is Cc1cc(CCON)cc(Cl)c1O. The molecule has 0 radical (unpaired) electrons. The van der Waals surface area contributed by atoms with E-state index >= 15 is 0 Å². The number of hydrogen-bond donors (Lipinski definition) is 2. The predicted molar refractivity (Wildman–Crippen MR) is 51.7 cm³/mol. The molecule has 0 heterocycles. The van der Waals surface area contributed by atoms with Gasteiger partial charge in [-0.1, -0.05) is 17.7 Å². The highest BCUT2D eigenvalue weighted by Crippen LogP contribution is 2.28. The average Bonchev–Trinajstić information content (AvgIpc) is 2.10. The standard InChI is InChI=1S/C9H12ClNO2/c1-6-4-7(2-3-13-11)5-8(10)9(6)12/h4-5,12H,2-3,11H2,1H3. The van der Waals surface area contributed by atoms with E-state index in [-0.39, 0.29) is 5.75 Å². The van der Waals surface area contributed by atoms with Crippen molar-refractivity contribution < 1.29 is 9.94 Å². The molecular weight excluding hydrogens is 190 g/mol. The number of phenolic OH excluding ortho intramolecular Hbond substituents is 1. The van der Waals surface area contributed by atoms with Crippen molar-refractivity contribution in [2.75, 3.05) is 6.61 Å². The summed E-state index contributed by atoms with van der Waals surface area (Å²) in [4.78, 5) is 4.45. The van der Waals surface area contributed by atoms with Crippen molar-refractivity contribution in [3.63, 3.8) is 0 Å². The van der Waals surface area contributed by atoms with Crippen LogP contribution < -0.4 is 5.90 Å². The van der Waals surface area contributed by atoms with E-state index in [1.165, 1.54) is 0 Å². The summed E-state index contributed by atoms with van der Waals surface area (Å²) in [6, 6.07) is 3.57. The molecule has 0 fully saturated rings. The number of hydrogen-bond acceptors (Lipinski definition) is 3. The van der Waals surface area contributed by atoms with Gasteiger partial charge in [0.2, 0.25) is 0 Å². The fourth-order valence-corrected chi connectivity index (χ4v) is 1.42. The van der Waals surface area contributed by atoms with Crippen LogP contribution in [0.1, 0.15) is 11.1 Å². The van der Waals surface area contributed by atoms with E-state index in [4.69, 9.17) is 17.5 Å². The third kappa shape index (κ3) is 2.59. The Labute approximate surface area is 82.0 Å². The zero-order valence-corrected chi connectivity index (χ0v) is 8.14. The van der Waals surface area contributed by atoms with E-state index in [0.29, 0.717) is 18.1 Å². The molecular formula is C9H12ClNO2. The molecule has 1 aromatic rings. The van der Waals surface area contributed by atoms with Crippen molar-refractivity contribution in [3.8, 4) is 5.75 Å². The van der Waals surface area contributed by atoms with Crippen LogP contribution in [0.5, 0.6) is 5.75 Å². The number of aryl methyl sites for hydroxylation is 1. The molecule has 0 spiro atoms. The fourth-order valence-electron chi connectivity index (χ4n) is 1.13. The highest BCUT2D eigenvalue weighted by Gasteiger charge is 2.04. The van der Waals surface area contributed by atoms with Crippen molar-refractivity contribution in [2.24, 2.45) is 5.90 Å². The lowest BCUT2D eigenvalue weighted by Crippen LogP contribution is -2.03. The molecule has 0 bridgehead atoms. The summed E-state index contributed by atoms with van der Waals surface area (Å²) in [5.41, 5.74) is 1.77. The molecule has 0 unspecified atom stereocenters. The van der Waals surface area contributed by atoms with Crippen molar-refractivity contribution in [3.05, 3.63) is 28.3 Å². The van der Waals surface area contributed by atoms with E-state index in [9.17, 15) is 5.11 Å². The molecule has 4 heteroatoms. The first-order valence-electron chi connectivity index (χ1n) is 3.95. The molecule has 13 heavy (non-hydrogen) atoms. The van der Waals surface area contributed by atoms with Crippen molar-refractivity contribution in [2.45, 2.75) is 13.3 Å². The minimum absolute atomic E-state index is 0.138. The Balaban J connectivity index is 2.86. The van der Waals surface area contributed by atoms with Gasteiger partial charge in [-0.05, 0) is 30.5 Å². The Kier molecular flexibility index (Phi) is 3.54. The summed E-state index contributed by atoms with van der Waals surface area (Å²) in [5, 5.41) is 9.74. The predicted octanol–water partition coefficient (Wildman–Crippen LogP) is 1.79. The Morgan fingerprint density at radius 2 is 2.23 bits per heavy atom. The Morgan fingerprint density at radius 3 is 2.77 bits per heavy atom. The highest BCUT2D eigenvalue weighted by atomic mass is 35.5. The van der Waals surface area contributed by atoms with Crippen LogP contribution >= 0.6 is 11.6 Å². The van der Waals surface area contributed by atoms with Gasteiger partial charge in [-0.3, -0.25) is 0 Å². The second-order valence-electron chi connectivity index (χ2n) is 2.86. The lowest BCUT2D eigenvalue weighted by molar-refractivity contribution is 0.141. The second-order valence-corrected chi connectivity index (χ2v) is 3.27. The topological polar surface area (TPSA) is 55.5 Å². The summed E-state index contributed by atoms with van der Waals surface area (Å²) in [7, 11) is 0. The van der Waals surface area contributed by atoms with E-state index in [0.717, 1.165) is 11.1 Å². The Bertz CT molecular complexity index is 279. The molecule has 0 aromatic heterocycles. The molecule has 0 saturated heterocycles. The normalized spacial score (nSPS) is 10.4. The third-order valence-corrected chi connectivity index (χ3v) is 2.11. The van der Waals surface area contributed by atoms with Crippen molar-refractivity contribution in [1.29, 1.82) is 0 Å². The van der Waals surface area contributed by atoms with Crippen molar-refractivity contribution >= 4 is 11.6 Å². The summed E-state index contributed by atoms with van der Waals surface area (Å²) < 4.78 is 0. The van der Waals surface area contributed by atoms with Gasteiger partial charge in [0.25, 0.3) is 0 Å². The molecule has 0 atom stereocenters. The van der Waals surface area contributed by atoms with E-state index in [1.54, 1.807) is 13.0 Å². The van der Waals surface area contributed by atoms with Crippen molar-refractivity contribution in [1.82, 2.24) is 0 Å². The largest absolute Gasteiger partial charge is 0.506 e. The van der Waals surface area contributed by atoms with Gasteiger partial charge < -0.3 is 9.94 Å². The highest BCUT2D eigenvalue weighted by molar-refractivity contribution is 6.32. The third-order valence-electron chi connectivity index (χ3n) is 1.82. The molecule has 0 aliphatic carbocycles.